The fraction of sp³-hybridized carbons (Fsp3) is 0.500. The van der Waals surface area contributed by atoms with E-state index in [1.165, 1.54) is 12.8 Å². The van der Waals surface area contributed by atoms with Crippen molar-refractivity contribution in [3.05, 3.63) is 33.9 Å². The molecule has 152 valence electrons. The molecule has 0 bridgehead atoms. The number of amides is 1. The normalized spacial score (nSPS) is 20.2. The molecule has 1 amide bonds. The fourth-order valence-corrected chi connectivity index (χ4v) is 4.75. The molecule has 0 radical (unpaired) electrons. The Bertz CT molecular complexity index is 996. The zero-order chi connectivity index (χ0) is 20.0. The van der Waals surface area contributed by atoms with Crippen LogP contribution in [0.4, 0.5) is 5.82 Å². The first kappa shape index (κ1) is 19.1. The lowest BCUT2D eigenvalue weighted by atomic mass is 9.99. The van der Waals surface area contributed by atoms with Crippen LogP contribution in [0, 0.1) is 5.92 Å². The molecule has 29 heavy (non-hydrogen) atoms. The number of nitrogens with zero attached hydrogens (tertiary/aromatic N) is 3. The minimum absolute atomic E-state index is 0.257. The molecule has 1 N–H and O–H groups in total. The van der Waals surface area contributed by atoms with Crippen molar-refractivity contribution in [3.8, 4) is 0 Å². The van der Waals surface area contributed by atoms with Crippen LogP contribution in [-0.2, 0) is 4.79 Å². The lowest BCUT2D eigenvalue weighted by molar-refractivity contribution is -0.132. The summed E-state index contributed by atoms with van der Waals surface area (Å²) >= 11 is 12.7. The number of halogens is 2. The van der Waals surface area contributed by atoms with Crippen LogP contribution < -0.4 is 5.32 Å². The van der Waals surface area contributed by atoms with Gasteiger partial charge in [0.25, 0.3) is 0 Å². The highest BCUT2D eigenvalue weighted by molar-refractivity contribution is 6.43. The third-order valence-corrected chi connectivity index (χ3v) is 6.99. The molecule has 1 aromatic carbocycles. The molecule has 2 fully saturated rings. The van der Waals surface area contributed by atoms with Gasteiger partial charge in [-0.2, -0.15) is 0 Å². The van der Waals surface area contributed by atoms with Crippen molar-refractivity contribution in [1.82, 2.24) is 15.1 Å². The van der Waals surface area contributed by atoms with E-state index in [4.69, 9.17) is 23.2 Å². The highest BCUT2D eigenvalue weighted by Gasteiger charge is 2.34. The number of hydrogen-bond donors (Lipinski definition) is 1. The van der Waals surface area contributed by atoms with Crippen LogP contribution in [0.25, 0.3) is 16.3 Å². The largest absolute Gasteiger partial charge is 0.365 e. The molecular formula is C22H24Cl2N4O. The first-order valence-electron chi connectivity index (χ1n) is 10.5. The zero-order valence-electron chi connectivity index (χ0n) is 16.3. The van der Waals surface area contributed by atoms with Crippen molar-refractivity contribution in [2.45, 2.75) is 51.0 Å². The molecule has 0 atom stereocenters. The molecule has 2 heterocycles. The van der Waals surface area contributed by atoms with Gasteiger partial charge in [-0.25, -0.2) is 0 Å². The zero-order valence-corrected chi connectivity index (χ0v) is 17.8. The maximum Gasteiger partial charge on any atom is 0.225 e. The van der Waals surface area contributed by atoms with Gasteiger partial charge in [0.15, 0.2) is 5.82 Å². The van der Waals surface area contributed by atoms with Gasteiger partial charge in [0.1, 0.15) is 0 Å². The first-order valence-corrected chi connectivity index (χ1v) is 11.3. The first-order chi connectivity index (χ1) is 14.1. The van der Waals surface area contributed by atoms with Gasteiger partial charge in [0.2, 0.25) is 5.91 Å². The van der Waals surface area contributed by atoms with E-state index in [0.29, 0.717) is 28.5 Å². The number of nitrogens with one attached hydrogen (secondary N) is 1. The second-order valence-electron chi connectivity index (χ2n) is 8.37. The van der Waals surface area contributed by atoms with E-state index in [0.717, 1.165) is 66.5 Å². The number of rotatable bonds is 4. The molecular weight excluding hydrogens is 407 g/mol. The minimum atomic E-state index is 0.257. The van der Waals surface area contributed by atoms with Crippen LogP contribution in [0.15, 0.2) is 18.2 Å². The lowest BCUT2D eigenvalue weighted by Crippen LogP contribution is -2.35. The average molecular weight is 431 g/mol. The predicted octanol–water partition coefficient (Wildman–Crippen LogP) is 5.32. The smallest absolute Gasteiger partial charge is 0.225 e. The summed E-state index contributed by atoms with van der Waals surface area (Å²) in [6.07, 6.45) is 9.77. The van der Waals surface area contributed by atoms with E-state index in [-0.39, 0.29) is 5.92 Å². The molecule has 1 aromatic heterocycles. The third kappa shape index (κ3) is 3.82. The van der Waals surface area contributed by atoms with Crippen molar-refractivity contribution >= 4 is 51.3 Å². The van der Waals surface area contributed by atoms with E-state index in [1.54, 1.807) is 0 Å². The highest BCUT2D eigenvalue weighted by atomic mass is 35.5. The molecule has 5 rings (SSSR count). The maximum absolute atomic E-state index is 12.3. The summed E-state index contributed by atoms with van der Waals surface area (Å²) in [5.41, 5.74) is 1.96. The van der Waals surface area contributed by atoms with Crippen molar-refractivity contribution in [2.75, 3.05) is 18.4 Å². The summed E-state index contributed by atoms with van der Waals surface area (Å²) in [6.45, 7) is 1.37. The molecule has 2 saturated carbocycles. The number of benzene rings is 1. The average Bonchev–Trinajstić information content (AvgIpc) is 3.46. The van der Waals surface area contributed by atoms with Crippen LogP contribution in [0.1, 0.15) is 50.6 Å². The molecule has 2 aliphatic carbocycles. The molecule has 1 aliphatic heterocycles. The predicted molar refractivity (Wildman–Crippen MR) is 117 cm³/mol. The van der Waals surface area contributed by atoms with Crippen LogP contribution in [0.2, 0.25) is 10.0 Å². The van der Waals surface area contributed by atoms with Gasteiger partial charge in [-0.3, -0.25) is 4.79 Å². The van der Waals surface area contributed by atoms with Gasteiger partial charge in [0.05, 0.1) is 15.7 Å². The van der Waals surface area contributed by atoms with Crippen molar-refractivity contribution in [3.63, 3.8) is 0 Å². The molecule has 2 aromatic rings. The fourth-order valence-electron chi connectivity index (χ4n) is 4.43. The molecule has 3 aliphatic rings. The Morgan fingerprint density at radius 2 is 1.76 bits per heavy atom. The number of carbonyl (C=O) groups excluding carboxylic acids is 1. The van der Waals surface area contributed by atoms with Crippen molar-refractivity contribution in [1.29, 1.82) is 0 Å². The van der Waals surface area contributed by atoms with Crippen LogP contribution >= 0.6 is 23.2 Å². The Hall–Kier alpha value is -1.85. The summed E-state index contributed by atoms with van der Waals surface area (Å²) < 4.78 is 0. The molecule has 0 unspecified atom stereocenters. The molecule has 0 saturated heterocycles. The van der Waals surface area contributed by atoms with Gasteiger partial charge in [-0.05, 0) is 49.8 Å². The summed E-state index contributed by atoms with van der Waals surface area (Å²) in [5, 5.41) is 15.6. The SMILES string of the molecule is O=C(C1CC1)N1CC=C(c2nnc(NC3CCCC3)c3cc(Cl)c(Cl)cc23)CC1. The van der Waals surface area contributed by atoms with Gasteiger partial charge in [-0.1, -0.05) is 42.1 Å². The molecule has 5 nitrogen and oxygen atoms in total. The van der Waals surface area contributed by atoms with Gasteiger partial charge < -0.3 is 10.2 Å². The van der Waals surface area contributed by atoms with E-state index in [1.807, 2.05) is 17.0 Å². The standard InChI is InChI=1S/C22H24Cl2N4O/c23-18-11-16-17(12-19(18)24)21(25-15-3-1-2-4-15)27-26-20(16)13-7-9-28(10-8-13)22(29)14-5-6-14/h7,11-12,14-15H,1-6,8-10H2,(H,25,27). The Kier molecular flexibility index (Phi) is 5.12. The number of carbonyl (C=O) groups is 1. The van der Waals surface area contributed by atoms with E-state index < -0.39 is 0 Å². The molecule has 7 heteroatoms. The van der Waals surface area contributed by atoms with Crippen LogP contribution in [0.3, 0.4) is 0 Å². The number of fused-ring (bicyclic) bond motifs is 1. The lowest BCUT2D eigenvalue weighted by Gasteiger charge is -2.27. The Morgan fingerprint density at radius 1 is 1.03 bits per heavy atom. The minimum Gasteiger partial charge on any atom is -0.365 e. The Morgan fingerprint density at radius 3 is 2.41 bits per heavy atom. The molecule has 0 spiro atoms. The van der Waals surface area contributed by atoms with E-state index in [2.05, 4.69) is 21.6 Å². The summed E-state index contributed by atoms with van der Waals surface area (Å²) in [4.78, 5) is 14.3. The van der Waals surface area contributed by atoms with Crippen molar-refractivity contribution < 1.29 is 4.79 Å². The van der Waals surface area contributed by atoms with Crippen LogP contribution in [-0.4, -0.2) is 40.1 Å². The second kappa shape index (κ2) is 7.77. The van der Waals surface area contributed by atoms with Gasteiger partial charge in [0, 0.05) is 35.8 Å². The maximum atomic E-state index is 12.3. The van der Waals surface area contributed by atoms with Gasteiger partial charge in [-0.15, -0.1) is 10.2 Å². The number of anilines is 1. The van der Waals surface area contributed by atoms with E-state index in [9.17, 15) is 4.79 Å². The number of aromatic nitrogens is 2. The summed E-state index contributed by atoms with van der Waals surface area (Å²) in [5.74, 6) is 1.32. The number of hydrogen-bond acceptors (Lipinski definition) is 4. The van der Waals surface area contributed by atoms with E-state index >= 15 is 0 Å². The Labute approximate surface area is 180 Å². The van der Waals surface area contributed by atoms with Crippen LogP contribution in [0.5, 0.6) is 0 Å². The Balaban J connectivity index is 1.49. The summed E-state index contributed by atoms with van der Waals surface area (Å²) in [7, 11) is 0. The summed E-state index contributed by atoms with van der Waals surface area (Å²) in [6, 6.07) is 4.22. The van der Waals surface area contributed by atoms with Crippen molar-refractivity contribution in [2.24, 2.45) is 5.92 Å². The van der Waals surface area contributed by atoms with Gasteiger partial charge >= 0.3 is 0 Å². The monoisotopic (exact) mass is 430 g/mol. The highest BCUT2D eigenvalue weighted by Crippen LogP contribution is 2.37. The topological polar surface area (TPSA) is 58.1 Å². The second-order valence-corrected chi connectivity index (χ2v) is 9.19. The third-order valence-electron chi connectivity index (χ3n) is 6.27. The quantitative estimate of drug-likeness (QED) is 0.712.